The van der Waals surface area contributed by atoms with E-state index in [0.717, 1.165) is 12.1 Å². The molecule has 0 aliphatic rings. The smallest absolute Gasteiger partial charge is 0.342 e. The van der Waals surface area contributed by atoms with Crippen LogP contribution in [0.3, 0.4) is 0 Å². The molecule has 0 saturated heterocycles. The molecule has 0 spiro atoms. The molecule has 2 heterocycles. The number of pyridine rings is 1. The van der Waals surface area contributed by atoms with Gasteiger partial charge >= 0.3 is 6.01 Å². The molecular weight excluding hydrogens is 230 g/mol. The number of nitrogens with one attached hydrogen (secondary N) is 1. The SMILES string of the molecule is CC(C)NCc1ccnc(Oc2ncn(C)n2)c1. The Kier molecular flexibility index (Phi) is 3.88. The largest absolute Gasteiger partial charge is 0.404 e. The Bertz CT molecular complexity index is 509. The van der Waals surface area contributed by atoms with Crippen molar-refractivity contribution in [1.29, 1.82) is 0 Å². The lowest BCUT2D eigenvalue weighted by Crippen LogP contribution is -2.21. The van der Waals surface area contributed by atoms with E-state index in [-0.39, 0.29) is 0 Å². The predicted octanol–water partition coefficient (Wildman–Crippen LogP) is 1.50. The first-order chi connectivity index (χ1) is 8.63. The number of hydrogen-bond donors (Lipinski definition) is 1. The number of rotatable bonds is 5. The van der Waals surface area contributed by atoms with E-state index >= 15 is 0 Å². The van der Waals surface area contributed by atoms with Crippen molar-refractivity contribution in [2.75, 3.05) is 0 Å². The molecule has 2 aromatic heterocycles. The second-order valence-corrected chi connectivity index (χ2v) is 4.34. The minimum absolute atomic E-state index is 0.305. The highest BCUT2D eigenvalue weighted by Gasteiger charge is 2.04. The first-order valence-corrected chi connectivity index (χ1v) is 5.85. The van der Waals surface area contributed by atoms with E-state index < -0.39 is 0 Å². The Balaban J connectivity index is 2.02. The van der Waals surface area contributed by atoms with Crippen LogP contribution in [0.4, 0.5) is 0 Å². The molecule has 0 radical (unpaired) electrons. The Morgan fingerprint density at radius 2 is 2.22 bits per heavy atom. The zero-order valence-electron chi connectivity index (χ0n) is 10.8. The van der Waals surface area contributed by atoms with Crippen molar-refractivity contribution in [2.24, 2.45) is 7.05 Å². The summed E-state index contributed by atoms with van der Waals surface area (Å²) in [7, 11) is 1.79. The maximum Gasteiger partial charge on any atom is 0.342 e. The van der Waals surface area contributed by atoms with Crippen LogP contribution in [-0.2, 0) is 13.6 Å². The van der Waals surface area contributed by atoms with Gasteiger partial charge in [0, 0.05) is 31.9 Å². The van der Waals surface area contributed by atoms with Gasteiger partial charge in [-0.3, -0.25) is 4.68 Å². The van der Waals surface area contributed by atoms with E-state index in [1.807, 2.05) is 12.1 Å². The summed E-state index contributed by atoms with van der Waals surface area (Å²) in [6, 6.07) is 4.58. The minimum atomic E-state index is 0.305. The molecule has 0 aliphatic carbocycles. The summed E-state index contributed by atoms with van der Waals surface area (Å²) in [6.07, 6.45) is 3.30. The van der Waals surface area contributed by atoms with Crippen molar-refractivity contribution in [3.8, 4) is 11.9 Å². The summed E-state index contributed by atoms with van der Waals surface area (Å²) in [4.78, 5) is 8.12. The van der Waals surface area contributed by atoms with Crippen LogP contribution in [0.15, 0.2) is 24.7 Å². The van der Waals surface area contributed by atoms with Gasteiger partial charge in [-0.2, -0.15) is 4.98 Å². The van der Waals surface area contributed by atoms with Crippen LogP contribution in [0.1, 0.15) is 19.4 Å². The Morgan fingerprint density at radius 1 is 1.39 bits per heavy atom. The molecule has 0 bridgehead atoms. The van der Waals surface area contributed by atoms with Gasteiger partial charge in [0.05, 0.1) is 0 Å². The standard InChI is InChI=1S/C12H17N5O/c1-9(2)14-7-10-4-5-13-11(6-10)18-12-15-8-17(3)16-12/h4-6,8-9,14H,7H2,1-3H3. The van der Waals surface area contributed by atoms with Gasteiger partial charge in [-0.25, -0.2) is 4.98 Å². The zero-order valence-corrected chi connectivity index (χ0v) is 10.8. The number of hydrogen-bond acceptors (Lipinski definition) is 5. The van der Waals surface area contributed by atoms with Gasteiger partial charge in [0.25, 0.3) is 0 Å². The summed E-state index contributed by atoms with van der Waals surface area (Å²) in [6.45, 7) is 5.00. The van der Waals surface area contributed by atoms with E-state index in [4.69, 9.17) is 4.74 Å². The maximum absolute atomic E-state index is 5.46. The molecule has 0 aromatic carbocycles. The van der Waals surface area contributed by atoms with Crippen LogP contribution in [0.25, 0.3) is 0 Å². The molecule has 0 atom stereocenters. The Labute approximate surface area is 106 Å². The highest BCUT2D eigenvalue weighted by atomic mass is 16.5. The summed E-state index contributed by atoms with van der Waals surface area (Å²) >= 11 is 0. The monoisotopic (exact) mass is 247 g/mol. The molecule has 0 unspecified atom stereocenters. The molecule has 1 N–H and O–H groups in total. The third kappa shape index (κ3) is 3.53. The molecule has 18 heavy (non-hydrogen) atoms. The molecule has 2 aromatic rings. The molecular formula is C12H17N5O. The lowest BCUT2D eigenvalue weighted by atomic mass is 10.2. The van der Waals surface area contributed by atoms with Crippen molar-refractivity contribution in [1.82, 2.24) is 25.1 Å². The third-order valence-electron chi connectivity index (χ3n) is 2.29. The molecule has 0 amide bonds. The third-order valence-corrected chi connectivity index (χ3v) is 2.29. The highest BCUT2D eigenvalue weighted by molar-refractivity contribution is 5.22. The first kappa shape index (κ1) is 12.5. The van der Waals surface area contributed by atoms with Gasteiger partial charge in [-0.15, -0.1) is 5.10 Å². The van der Waals surface area contributed by atoms with Gasteiger partial charge in [0.15, 0.2) is 0 Å². The van der Waals surface area contributed by atoms with Gasteiger partial charge in [0.2, 0.25) is 5.88 Å². The Hall–Kier alpha value is -1.95. The quantitative estimate of drug-likeness (QED) is 0.867. The second kappa shape index (κ2) is 5.59. The van der Waals surface area contributed by atoms with Crippen LogP contribution in [0, 0.1) is 0 Å². The fraction of sp³-hybridized carbons (Fsp3) is 0.417. The van der Waals surface area contributed by atoms with Crippen LogP contribution >= 0.6 is 0 Å². The van der Waals surface area contributed by atoms with Crippen molar-refractivity contribution >= 4 is 0 Å². The van der Waals surface area contributed by atoms with Gasteiger partial charge in [-0.1, -0.05) is 13.8 Å². The summed E-state index contributed by atoms with van der Waals surface area (Å²) in [5.41, 5.74) is 1.12. The van der Waals surface area contributed by atoms with E-state index in [1.54, 1.807) is 24.3 Å². The molecule has 0 aliphatic heterocycles. The van der Waals surface area contributed by atoms with E-state index in [1.165, 1.54) is 0 Å². The lowest BCUT2D eigenvalue weighted by Gasteiger charge is -2.08. The van der Waals surface area contributed by atoms with Crippen LogP contribution in [0.5, 0.6) is 11.9 Å². The van der Waals surface area contributed by atoms with Gasteiger partial charge < -0.3 is 10.1 Å². The van der Waals surface area contributed by atoms with E-state index in [9.17, 15) is 0 Å². The fourth-order valence-corrected chi connectivity index (χ4v) is 1.40. The number of aryl methyl sites for hydroxylation is 1. The molecule has 96 valence electrons. The van der Waals surface area contributed by atoms with Crippen LogP contribution in [-0.4, -0.2) is 25.8 Å². The van der Waals surface area contributed by atoms with Crippen molar-refractivity contribution in [3.05, 3.63) is 30.2 Å². The molecule has 0 saturated carbocycles. The lowest BCUT2D eigenvalue weighted by molar-refractivity contribution is 0.421. The average molecular weight is 247 g/mol. The van der Waals surface area contributed by atoms with Gasteiger partial charge in [-0.05, 0) is 11.6 Å². The van der Waals surface area contributed by atoms with Crippen molar-refractivity contribution in [2.45, 2.75) is 26.4 Å². The topological polar surface area (TPSA) is 64.9 Å². The first-order valence-electron chi connectivity index (χ1n) is 5.85. The number of aromatic nitrogens is 4. The summed E-state index contributed by atoms with van der Waals surface area (Å²) in [5.74, 6) is 0.504. The zero-order chi connectivity index (χ0) is 13.0. The van der Waals surface area contributed by atoms with Crippen LogP contribution in [0.2, 0.25) is 0 Å². The summed E-state index contributed by atoms with van der Waals surface area (Å²) < 4.78 is 7.05. The molecule has 0 fully saturated rings. The van der Waals surface area contributed by atoms with E-state index in [0.29, 0.717) is 17.9 Å². The van der Waals surface area contributed by atoms with Crippen molar-refractivity contribution < 1.29 is 4.74 Å². The fourth-order valence-electron chi connectivity index (χ4n) is 1.40. The number of nitrogens with zero attached hydrogens (tertiary/aromatic N) is 4. The Morgan fingerprint density at radius 3 is 2.89 bits per heavy atom. The highest BCUT2D eigenvalue weighted by Crippen LogP contribution is 2.15. The predicted molar refractivity (Wildman–Crippen MR) is 67.3 cm³/mol. The molecule has 2 rings (SSSR count). The molecule has 6 nitrogen and oxygen atoms in total. The average Bonchev–Trinajstić information content (AvgIpc) is 2.73. The van der Waals surface area contributed by atoms with Gasteiger partial charge in [0.1, 0.15) is 6.33 Å². The van der Waals surface area contributed by atoms with Crippen LogP contribution < -0.4 is 10.1 Å². The minimum Gasteiger partial charge on any atom is -0.404 e. The number of ether oxygens (including phenoxy) is 1. The normalized spacial score (nSPS) is 10.9. The van der Waals surface area contributed by atoms with E-state index in [2.05, 4.69) is 34.2 Å². The maximum atomic E-state index is 5.46. The van der Waals surface area contributed by atoms with Crippen molar-refractivity contribution in [3.63, 3.8) is 0 Å². The second-order valence-electron chi connectivity index (χ2n) is 4.34. The molecule has 6 heteroatoms. The summed E-state index contributed by atoms with van der Waals surface area (Å²) in [5, 5.41) is 7.38.